The number of piperidine rings is 1. The minimum absolute atomic E-state index is 0.233. The number of amides is 1. The van der Waals surface area contributed by atoms with Crippen LogP contribution in [0, 0.1) is 13.8 Å². The smallest absolute Gasteiger partial charge is 0.409 e. The van der Waals surface area contributed by atoms with E-state index in [1.54, 1.807) is 16.2 Å². The van der Waals surface area contributed by atoms with Gasteiger partial charge < -0.3 is 20.7 Å². The summed E-state index contributed by atoms with van der Waals surface area (Å²) in [5.74, 6) is 0.449. The van der Waals surface area contributed by atoms with Gasteiger partial charge in [-0.3, -0.25) is 0 Å². The molecule has 0 atom stereocenters. The molecule has 0 saturated carbocycles. The molecule has 2 rings (SSSR count). The molecule has 1 amide bonds. The molecule has 0 aromatic carbocycles. The highest BCUT2D eigenvalue weighted by Crippen LogP contribution is 2.18. The van der Waals surface area contributed by atoms with Crippen molar-refractivity contribution >= 4 is 23.4 Å². The number of carbonyl (C=O) groups is 1. The van der Waals surface area contributed by atoms with E-state index in [-0.39, 0.29) is 12.1 Å². The Balaban J connectivity index is 1.78. The summed E-state index contributed by atoms with van der Waals surface area (Å²) < 4.78 is 5.01. The lowest BCUT2D eigenvalue weighted by molar-refractivity contribution is 0.0963. The van der Waals surface area contributed by atoms with Crippen molar-refractivity contribution in [3.8, 4) is 0 Å². The number of nitrogens with two attached hydrogens (primary N) is 1. The summed E-state index contributed by atoms with van der Waals surface area (Å²) in [6.45, 7) is 8.11. The first kappa shape index (κ1) is 17.5. The number of carbonyl (C=O) groups excluding carboxylic acids is 1. The Morgan fingerprint density at radius 1 is 1.48 bits per heavy atom. The first-order valence-corrected chi connectivity index (χ1v) is 8.72. The van der Waals surface area contributed by atoms with E-state index in [4.69, 9.17) is 10.5 Å². The molecular weight excluding hydrogens is 314 g/mol. The maximum Gasteiger partial charge on any atom is 0.409 e. The molecule has 1 aromatic rings. The number of hydrogen-bond donors (Lipinski definition) is 2. The van der Waals surface area contributed by atoms with Crippen LogP contribution in [0.25, 0.3) is 0 Å². The van der Waals surface area contributed by atoms with Crippen LogP contribution in [0.3, 0.4) is 0 Å². The van der Waals surface area contributed by atoms with Crippen LogP contribution in [0.15, 0.2) is 4.99 Å². The fourth-order valence-corrected chi connectivity index (χ4v) is 3.41. The summed E-state index contributed by atoms with van der Waals surface area (Å²) >= 11 is 1.65. The van der Waals surface area contributed by atoms with Crippen molar-refractivity contribution in [1.29, 1.82) is 0 Å². The number of nitrogens with zero attached hydrogens (tertiary/aromatic N) is 3. The maximum absolute atomic E-state index is 11.7. The summed E-state index contributed by atoms with van der Waals surface area (Å²) in [5.41, 5.74) is 6.99. The van der Waals surface area contributed by atoms with Crippen molar-refractivity contribution in [3.63, 3.8) is 0 Å². The van der Waals surface area contributed by atoms with Gasteiger partial charge in [-0.05, 0) is 33.6 Å². The summed E-state index contributed by atoms with van der Waals surface area (Å²) in [5, 5.41) is 4.29. The third-order valence-corrected chi connectivity index (χ3v) is 4.82. The lowest BCUT2D eigenvalue weighted by atomic mass is 10.1. The van der Waals surface area contributed by atoms with Gasteiger partial charge >= 0.3 is 6.09 Å². The van der Waals surface area contributed by atoms with Gasteiger partial charge in [0.15, 0.2) is 5.96 Å². The fraction of sp³-hybridized carbons (Fsp3) is 0.667. The Labute approximate surface area is 140 Å². The summed E-state index contributed by atoms with van der Waals surface area (Å²) in [7, 11) is 0. The van der Waals surface area contributed by atoms with Crippen molar-refractivity contribution in [3.05, 3.63) is 15.6 Å². The highest BCUT2D eigenvalue weighted by Gasteiger charge is 2.23. The third kappa shape index (κ3) is 5.09. The normalized spacial score (nSPS) is 16.5. The van der Waals surface area contributed by atoms with Crippen molar-refractivity contribution in [2.75, 3.05) is 19.7 Å². The number of nitrogens with one attached hydrogen (secondary N) is 1. The molecule has 0 aliphatic carbocycles. The lowest BCUT2D eigenvalue weighted by Gasteiger charge is -2.31. The molecule has 0 bridgehead atoms. The largest absolute Gasteiger partial charge is 0.450 e. The van der Waals surface area contributed by atoms with E-state index in [0.717, 1.165) is 28.4 Å². The number of aromatic nitrogens is 1. The number of rotatable bonds is 4. The predicted molar refractivity (Wildman–Crippen MR) is 91.7 cm³/mol. The standard InChI is InChI=1S/C15H25N5O2S/c1-4-22-15(21)20-7-5-12(6-8-20)19-14(16)17-9-13-10(2)18-11(3)23-13/h12H,4-9H2,1-3H3,(H3,16,17,19). The highest BCUT2D eigenvalue weighted by atomic mass is 32.1. The molecule has 1 saturated heterocycles. The van der Waals surface area contributed by atoms with Crippen LogP contribution in [0.4, 0.5) is 4.79 Å². The van der Waals surface area contributed by atoms with Crippen molar-refractivity contribution in [2.45, 2.75) is 46.2 Å². The third-order valence-electron chi connectivity index (χ3n) is 3.77. The molecule has 1 aliphatic heterocycles. The van der Waals surface area contributed by atoms with Crippen molar-refractivity contribution in [1.82, 2.24) is 15.2 Å². The monoisotopic (exact) mass is 339 g/mol. The Hall–Kier alpha value is -1.83. The topological polar surface area (TPSA) is 92.8 Å². The van der Waals surface area contributed by atoms with Crippen molar-refractivity contribution in [2.24, 2.45) is 10.7 Å². The van der Waals surface area contributed by atoms with E-state index >= 15 is 0 Å². The quantitative estimate of drug-likeness (QED) is 0.644. The van der Waals surface area contributed by atoms with Crippen LogP contribution >= 0.6 is 11.3 Å². The zero-order valence-electron chi connectivity index (χ0n) is 14.0. The summed E-state index contributed by atoms with van der Waals surface area (Å²) in [6, 6.07) is 0.244. The second-order valence-corrected chi connectivity index (χ2v) is 6.84. The van der Waals surface area contributed by atoms with Crippen molar-refractivity contribution < 1.29 is 9.53 Å². The van der Waals surface area contributed by atoms with Gasteiger partial charge in [0.2, 0.25) is 0 Å². The number of guanidine groups is 1. The van der Waals surface area contributed by atoms with E-state index in [2.05, 4.69) is 15.3 Å². The SMILES string of the molecule is CCOC(=O)N1CCC(NC(N)=NCc2sc(C)nc2C)CC1. The molecular formula is C15H25N5O2S. The predicted octanol–water partition coefficient (Wildman–Crippen LogP) is 1.79. The second-order valence-electron chi connectivity index (χ2n) is 5.55. The lowest BCUT2D eigenvalue weighted by Crippen LogP contribution is -2.48. The number of aryl methyl sites for hydroxylation is 2. The minimum Gasteiger partial charge on any atom is -0.450 e. The number of thiazole rings is 1. The van der Waals surface area contributed by atoms with E-state index in [1.165, 1.54) is 0 Å². The van der Waals surface area contributed by atoms with E-state index < -0.39 is 0 Å². The molecule has 3 N–H and O–H groups in total. The van der Waals surface area contributed by atoms with Crippen LogP contribution in [0.5, 0.6) is 0 Å². The molecule has 7 nitrogen and oxygen atoms in total. The minimum atomic E-state index is -0.233. The number of likely N-dealkylation sites (tertiary alicyclic amines) is 1. The van der Waals surface area contributed by atoms with Gasteiger partial charge in [-0.2, -0.15) is 0 Å². The van der Waals surface area contributed by atoms with Gasteiger partial charge in [0.05, 0.1) is 23.9 Å². The average Bonchev–Trinajstić information content (AvgIpc) is 2.84. The van der Waals surface area contributed by atoms with Crippen LogP contribution in [0.2, 0.25) is 0 Å². The molecule has 23 heavy (non-hydrogen) atoms. The van der Waals surface area contributed by atoms with Gasteiger partial charge in [-0.1, -0.05) is 0 Å². The Morgan fingerprint density at radius 3 is 2.74 bits per heavy atom. The first-order chi connectivity index (χ1) is 11.0. The van der Waals surface area contributed by atoms with Gasteiger partial charge in [-0.15, -0.1) is 11.3 Å². The second kappa shape index (κ2) is 8.14. The van der Waals surface area contributed by atoms with Crippen LogP contribution in [-0.2, 0) is 11.3 Å². The summed E-state index contributed by atoms with van der Waals surface area (Å²) in [4.78, 5) is 23.3. The number of aliphatic imine (C=N–C) groups is 1. The first-order valence-electron chi connectivity index (χ1n) is 7.90. The maximum atomic E-state index is 11.7. The van der Waals surface area contributed by atoms with Gasteiger partial charge in [0.25, 0.3) is 0 Å². The average molecular weight is 339 g/mol. The molecule has 8 heteroatoms. The summed E-state index contributed by atoms with van der Waals surface area (Å²) in [6.07, 6.45) is 1.45. The molecule has 1 fully saturated rings. The Morgan fingerprint density at radius 2 is 2.17 bits per heavy atom. The van der Waals surface area contributed by atoms with Gasteiger partial charge in [-0.25, -0.2) is 14.8 Å². The van der Waals surface area contributed by atoms with E-state index in [9.17, 15) is 4.79 Å². The van der Waals surface area contributed by atoms with E-state index in [1.807, 2.05) is 20.8 Å². The molecule has 0 spiro atoms. The van der Waals surface area contributed by atoms with Gasteiger partial charge in [0.1, 0.15) is 0 Å². The van der Waals surface area contributed by atoms with Crippen LogP contribution in [0.1, 0.15) is 35.3 Å². The Kier molecular flexibility index (Phi) is 6.20. The number of ether oxygens (including phenoxy) is 1. The molecule has 0 unspecified atom stereocenters. The zero-order valence-corrected chi connectivity index (χ0v) is 14.8. The number of hydrogen-bond acceptors (Lipinski definition) is 5. The zero-order chi connectivity index (χ0) is 16.8. The highest BCUT2D eigenvalue weighted by molar-refractivity contribution is 7.11. The molecule has 2 heterocycles. The van der Waals surface area contributed by atoms with Gasteiger partial charge in [0, 0.05) is 24.0 Å². The molecule has 1 aromatic heterocycles. The van der Waals surface area contributed by atoms with Crippen LogP contribution in [-0.4, -0.2) is 47.7 Å². The van der Waals surface area contributed by atoms with E-state index in [0.29, 0.717) is 32.2 Å². The van der Waals surface area contributed by atoms with Crippen LogP contribution < -0.4 is 11.1 Å². The molecule has 1 aliphatic rings. The molecule has 0 radical (unpaired) electrons. The Bertz CT molecular complexity index is 564. The molecule has 128 valence electrons. The fourth-order valence-electron chi connectivity index (χ4n) is 2.55.